The van der Waals surface area contributed by atoms with Gasteiger partial charge in [0.15, 0.2) is 11.5 Å². The van der Waals surface area contributed by atoms with Crippen LogP contribution in [0, 0.1) is 0 Å². The van der Waals surface area contributed by atoms with Crippen LogP contribution < -0.4 is 9.47 Å². The molecule has 0 heterocycles. The molecule has 14 heavy (non-hydrogen) atoms. The van der Waals surface area contributed by atoms with Gasteiger partial charge in [0.2, 0.25) is 0 Å². The predicted octanol–water partition coefficient (Wildman–Crippen LogP) is 1.93. The molecule has 0 aliphatic rings. The fraction of sp³-hybridized carbons (Fsp3) is 0.455. The summed E-state index contributed by atoms with van der Waals surface area (Å²) in [5.41, 5.74) is -0.0605. The van der Waals surface area contributed by atoms with Gasteiger partial charge in [0.1, 0.15) is 0 Å². The van der Waals surface area contributed by atoms with Crippen LogP contribution in [0.3, 0.4) is 0 Å². The van der Waals surface area contributed by atoms with Gasteiger partial charge in [0, 0.05) is 0 Å². The van der Waals surface area contributed by atoms with Gasteiger partial charge in [-0.25, -0.2) is 0 Å². The summed E-state index contributed by atoms with van der Waals surface area (Å²) in [5, 5.41) is 9.78. The van der Waals surface area contributed by atoms with Gasteiger partial charge in [-0.1, -0.05) is 6.07 Å². The summed E-state index contributed by atoms with van der Waals surface area (Å²) in [6, 6.07) is 5.38. The molecule has 0 saturated carbocycles. The maximum Gasteiger partial charge on any atom is 0.161 e. The van der Waals surface area contributed by atoms with Crippen molar-refractivity contribution in [2.45, 2.75) is 19.4 Å². The number of ether oxygens (including phenoxy) is 2. The number of methoxy groups -OCH3 is 2. The molecular weight excluding hydrogens is 180 g/mol. The minimum atomic E-state index is -0.862. The van der Waals surface area contributed by atoms with Crippen molar-refractivity contribution >= 4 is 0 Å². The lowest BCUT2D eigenvalue weighted by molar-refractivity contribution is 0.0782. The molecule has 3 nitrogen and oxygen atoms in total. The Bertz CT molecular complexity index is 313. The van der Waals surface area contributed by atoms with Crippen molar-refractivity contribution in [1.82, 2.24) is 0 Å². The maximum absolute atomic E-state index is 9.78. The van der Waals surface area contributed by atoms with Crippen molar-refractivity contribution in [1.29, 1.82) is 0 Å². The molecule has 0 spiro atoms. The van der Waals surface area contributed by atoms with Crippen molar-refractivity contribution < 1.29 is 14.6 Å². The van der Waals surface area contributed by atoms with Gasteiger partial charge < -0.3 is 14.6 Å². The monoisotopic (exact) mass is 196 g/mol. The lowest BCUT2D eigenvalue weighted by Gasteiger charge is -2.19. The Balaban J connectivity index is 3.14. The standard InChI is InChI=1S/C11H16O3/c1-11(2,12)8-5-6-9(13-3)10(7-8)14-4/h5-7,12H,1-4H3. The van der Waals surface area contributed by atoms with E-state index in [1.54, 1.807) is 40.2 Å². The summed E-state index contributed by atoms with van der Waals surface area (Å²) < 4.78 is 10.2. The highest BCUT2D eigenvalue weighted by Crippen LogP contribution is 2.31. The molecular formula is C11H16O3. The summed E-state index contributed by atoms with van der Waals surface area (Å²) in [4.78, 5) is 0. The van der Waals surface area contributed by atoms with Crippen LogP contribution in [-0.2, 0) is 5.60 Å². The zero-order valence-electron chi connectivity index (χ0n) is 9.00. The molecule has 3 heteroatoms. The number of aliphatic hydroxyl groups is 1. The van der Waals surface area contributed by atoms with Gasteiger partial charge in [-0.2, -0.15) is 0 Å². The van der Waals surface area contributed by atoms with Crippen molar-refractivity contribution in [3.8, 4) is 11.5 Å². The summed E-state index contributed by atoms with van der Waals surface area (Å²) in [6.45, 7) is 3.46. The van der Waals surface area contributed by atoms with E-state index < -0.39 is 5.60 Å². The Morgan fingerprint density at radius 2 is 1.64 bits per heavy atom. The van der Waals surface area contributed by atoms with Crippen LogP contribution in [0.25, 0.3) is 0 Å². The van der Waals surface area contributed by atoms with Crippen LogP contribution >= 0.6 is 0 Å². The SMILES string of the molecule is COc1ccc(C(C)(C)O)cc1OC. The van der Waals surface area contributed by atoms with E-state index in [0.717, 1.165) is 5.56 Å². The second-order valence-electron chi connectivity index (χ2n) is 3.63. The van der Waals surface area contributed by atoms with E-state index in [1.165, 1.54) is 0 Å². The number of hydrogen-bond donors (Lipinski definition) is 1. The number of rotatable bonds is 3. The van der Waals surface area contributed by atoms with Crippen molar-refractivity contribution in [2.24, 2.45) is 0 Å². The molecule has 0 amide bonds. The summed E-state index contributed by atoms with van der Waals surface area (Å²) in [7, 11) is 3.16. The highest BCUT2D eigenvalue weighted by atomic mass is 16.5. The Labute approximate surface area is 84.3 Å². The maximum atomic E-state index is 9.78. The molecule has 1 aromatic rings. The molecule has 0 fully saturated rings. The molecule has 1 aromatic carbocycles. The molecule has 0 bridgehead atoms. The highest BCUT2D eigenvalue weighted by Gasteiger charge is 2.17. The lowest BCUT2D eigenvalue weighted by Crippen LogP contribution is -2.15. The second kappa shape index (κ2) is 3.88. The molecule has 0 aliphatic heterocycles. The van der Waals surface area contributed by atoms with E-state index in [9.17, 15) is 5.11 Å². The van der Waals surface area contributed by atoms with Crippen LogP contribution in [0.1, 0.15) is 19.4 Å². The van der Waals surface area contributed by atoms with Crippen LogP contribution in [0.5, 0.6) is 11.5 Å². The second-order valence-corrected chi connectivity index (χ2v) is 3.63. The minimum absolute atomic E-state index is 0.632. The van der Waals surface area contributed by atoms with Crippen LogP contribution in [0.15, 0.2) is 18.2 Å². The average molecular weight is 196 g/mol. The molecule has 1 N–H and O–H groups in total. The van der Waals surface area contributed by atoms with E-state index in [4.69, 9.17) is 9.47 Å². The lowest BCUT2D eigenvalue weighted by atomic mass is 9.98. The van der Waals surface area contributed by atoms with Crippen molar-refractivity contribution in [2.75, 3.05) is 14.2 Å². The van der Waals surface area contributed by atoms with Crippen molar-refractivity contribution in [3.05, 3.63) is 23.8 Å². The molecule has 0 aromatic heterocycles. The molecule has 0 unspecified atom stereocenters. The first-order chi connectivity index (χ1) is 6.49. The molecule has 0 atom stereocenters. The van der Waals surface area contributed by atoms with Gasteiger partial charge in [-0.05, 0) is 31.5 Å². The first kappa shape index (κ1) is 10.9. The molecule has 1 rings (SSSR count). The third kappa shape index (κ3) is 2.17. The van der Waals surface area contributed by atoms with E-state index in [0.29, 0.717) is 11.5 Å². The van der Waals surface area contributed by atoms with Crippen LogP contribution in [-0.4, -0.2) is 19.3 Å². The minimum Gasteiger partial charge on any atom is -0.493 e. The average Bonchev–Trinajstić information content (AvgIpc) is 2.15. The quantitative estimate of drug-likeness (QED) is 0.802. The van der Waals surface area contributed by atoms with E-state index in [-0.39, 0.29) is 0 Å². The van der Waals surface area contributed by atoms with Gasteiger partial charge in [-0.15, -0.1) is 0 Å². The van der Waals surface area contributed by atoms with Crippen LogP contribution in [0.2, 0.25) is 0 Å². The fourth-order valence-corrected chi connectivity index (χ4v) is 1.22. The first-order valence-electron chi connectivity index (χ1n) is 4.44. The fourth-order valence-electron chi connectivity index (χ4n) is 1.22. The first-order valence-corrected chi connectivity index (χ1v) is 4.44. The molecule has 78 valence electrons. The summed E-state index contributed by atoms with van der Waals surface area (Å²) in [6.07, 6.45) is 0. The number of benzene rings is 1. The zero-order valence-corrected chi connectivity index (χ0v) is 9.00. The van der Waals surface area contributed by atoms with Crippen LogP contribution in [0.4, 0.5) is 0 Å². The van der Waals surface area contributed by atoms with E-state index in [1.807, 2.05) is 6.07 Å². The highest BCUT2D eigenvalue weighted by molar-refractivity contribution is 5.44. The summed E-state index contributed by atoms with van der Waals surface area (Å²) >= 11 is 0. The Morgan fingerprint density at radius 1 is 1.07 bits per heavy atom. The molecule has 0 radical (unpaired) electrons. The smallest absolute Gasteiger partial charge is 0.161 e. The van der Waals surface area contributed by atoms with Gasteiger partial charge >= 0.3 is 0 Å². The summed E-state index contributed by atoms with van der Waals surface area (Å²) in [5.74, 6) is 1.30. The predicted molar refractivity (Wildman–Crippen MR) is 54.8 cm³/mol. The van der Waals surface area contributed by atoms with Gasteiger partial charge in [-0.3, -0.25) is 0 Å². The third-order valence-corrected chi connectivity index (χ3v) is 2.09. The van der Waals surface area contributed by atoms with E-state index in [2.05, 4.69) is 0 Å². The number of hydrogen-bond acceptors (Lipinski definition) is 3. The van der Waals surface area contributed by atoms with Gasteiger partial charge in [0.25, 0.3) is 0 Å². The van der Waals surface area contributed by atoms with Gasteiger partial charge in [0.05, 0.1) is 19.8 Å². The van der Waals surface area contributed by atoms with E-state index >= 15 is 0 Å². The molecule has 0 saturated heterocycles. The largest absolute Gasteiger partial charge is 0.493 e. The Hall–Kier alpha value is -1.22. The normalized spacial score (nSPS) is 11.2. The molecule has 0 aliphatic carbocycles. The van der Waals surface area contributed by atoms with Crippen molar-refractivity contribution in [3.63, 3.8) is 0 Å². The Kier molecular flexibility index (Phi) is 3.01. The zero-order chi connectivity index (χ0) is 10.8. The Morgan fingerprint density at radius 3 is 2.07 bits per heavy atom. The third-order valence-electron chi connectivity index (χ3n) is 2.09. The topological polar surface area (TPSA) is 38.7 Å².